The third-order valence-corrected chi connectivity index (χ3v) is 6.62. The summed E-state index contributed by atoms with van der Waals surface area (Å²) < 4.78 is 64.0. The van der Waals surface area contributed by atoms with Crippen LogP contribution in [0.15, 0.2) is 58.8 Å². The molecule has 2 aromatic carbocycles. The first-order valence-corrected chi connectivity index (χ1v) is 9.77. The minimum atomic E-state index is -4.72. The lowest BCUT2D eigenvalue weighted by Gasteiger charge is -2.11. The molecule has 1 unspecified atom stereocenters. The molecular formula is C16H12F3O2S2+. The van der Waals surface area contributed by atoms with Gasteiger partial charge in [0.15, 0.2) is 19.4 Å². The van der Waals surface area contributed by atoms with Gasteiger partial charge < -0.3 is 0 Å². The lowest BCUT2D eigenvalue weighted by atomic mass is 10.2. The number of hydrogen-bond acceptors (Lipinski definition) is 2. The average Bonchev–Trinajstić information content (AvgIpc) is 2.88. The standard InChI is InChI=1S/C16H12F3O2S2/c1-23(20,21)15-7-6-12(10-13(15)16(17,18)19)22-9-8-11-4-2-3-5-14(11)22/h2-10H,1H3/q+1. The van der Waals surface area contributed by atoms with Crippen LogP contribution in [-0.2, 0) is 16.0 Å². The smallest absolute Gasteiger partial charge is 0.224 e. The maximum absolute atomic E-state index is 13.3. The van der Waals surface area contributed by atoms with Crippen LogP contribution in [0.2, 0.25) is 0 Å². The molecule has 0 aliphatic rings. The van der Waals surface area contributed by atoms with Gasteiger partial charge in [0.1, 0.15) is 5.38 Å². The molecule has 0 saturated heterocycles. The Morgan fingerprint density at radius 2 is 1.70 bits per heavy atom. The van der Waals surface area contributed by atoms with Gasteiger partial charge in [-0.05, 0) is 24.3 Å². The first-order chi connectivity index (χ1) is 10.7. The van der Waals surface area contributed by atoms with E-state index in [4.69, 9.17) is 0 Å². The molecule has 0 aliphatic carbocycles. The molecule has 0 radical (unpaired) electrons. The van der Waals surface area contributed by atoms with Crippen molar-refractivity contribution in [1.29, 1.82) is 0 Å². The van der Waals surface area contributed by atoms with Crippen LogP contribution in [0, 0.1) is 0 Å². The molecule has 7 heteroatoms. The number of fused-ring (bicyclic) bond motifs is 1. The third-order valence-electron chi connectivity index (χ3n) is 3.45. The van der Waals surface area contributed by atoms with Gasteiger partial charge in [-0.3, -0.25) is 0 Å². The fourth-order valence-corrected chi connectivity index (χ4v) is 5.23. The number of rotatable bonds is 2. The SMILES string of the molecule is CS(=O)(=O)c1ccc(-[s+]2ccc3ccccc32)cc1C(F)(F)F. The average molecular weight is 357 g/mol. The minimum absolute atomic E-state index is 0.450. The second kappa shape index (κ2) is 5.35. The molecule has 0 fully saturated rings. The highest BCUT2D eigenvalue weighted by molar-refractivity contribution is 7.90. The van der Waals surface area contributed by atoms with Crippen molar-refractivity contribution < 1.29 is 21.6 Å². The van der Waals surface area contributed by atoms with Gasteiger partial charge in [0, 0.05) is 34.2 Å². The van der Waals surface area contributed by atoms with Crippen LogP contribution in [-0.4, -0.2) is 14.7 Å². The number of hydrogen-bond donors (Lipinski definition) is 0. The molecule has 0 spiro atoms. The van der Waals surface area contributed by atoms with E-state index in [1.807, 2.05) is 35.7 Å². The Kier molecular flexibility index (Phi) is 3.72. The van der Waals surface area contributed by atoms with E-state index in [0.717, 1.165) is 28.5 Å². The number of sulfone groups is 1. The van der Waals surface area contributed by atoms with E-state index in [1.54, 1.807) is 0 Å². The molecule has 0 amide bonds. The third kappa shape index (κ3) is 2.98. The molecule has 120 valence electrons. The number of halogens is 3. The molecule has 23 heavy (non-hydrogen) atoms. The Balaban J connectivity index is 2.27. The number of thiophene rings is 1. The van der Waals surface area contributed by atoms with E-state index >= 15 is 0 Å². The zero-order valence-electron chi connectivity index (χ0n) is 12.0. The van der Waals surface area contributed by atoms with Crippen molar-refractivity contribution in [2.24, 2.45) is 0 Å². The molecule has 3 rings (SSSR count). The quantitative estimate of drug-likeness (QED) is 0.605. The topological polar surface area (TPSA) is 34.1 Å². The van der Waals surface area contributed by atoms with Gasteiger partial charge in [-0.25, -0.2) is 8.42 Å². The van der Waals surface area contributed by atoms with Gasteiger partial charge in [-0.1, -0.05) is 12.1 Å². The molecule has 2 nitrogen and oxygen atoms in total. The molecule has 1 atom stereocenters. The highest BCUT2D eigenvalue weighted by Crippen LogP contribution is 2.43. The largest absolute Gasteiger partial charge is 0.417 e. The lowest BCUT2D eigenvalue weighted by molar-refractivity contribution is -0.139. The first-order valence-electron chi connectivity index (χ1n) is 6.59. The van der Waals surface area contributed by atoms with E-state index in [1.165, 1.54) is 6.07 Å². The number of alkyl halides is 3. The molecule has 0 bridgehead atoms. The van der Waals surface area contributed by atoms with Crippen LogP contribution in [0.5, 0.6) is 0 Å². The fourth-order valence-electron chi connectivity index (χ4n) is 2.43. The van der Waals surface area contributed by atoms with Crippen molar-refractivity contribution >= 4 is 30.4 Å². The zero-order valence-corrected chi connectivity index (χ0v) is 13.6. The fraction of sp³-hybridized carbons (Fsp3) is 0.125. The van der Waals surface area contributed by atoms with Crippen molar-refractivity contribution in [2.75, 3.05) is 6.26 Å². The maximum Gasteiger partial charge on any atom is 0.417 e. The highest BCUT2D eigenvalue weighted by Gasteiger charge is 2.37. The maximum atomic E-state index is 13.3. The molecule has 0 N–H and O–H groups in total. The van der Waals surface area contributed by atoms with Crippen molar-refractivity contribution in [3.05, 3.63) is 59.5 Å². The van der Waals surface area contributed by atoms with E-state index in [9.17, 15) is 21.6 Å². The molecule has 0 aliphatic heterocycles. The minimum Gasteiger partial charge on any atom is -0.224 e. The van der Waals surface area contributed by atoms with Gasteiger partial charge in [0.05, 0.1) is 10.5 Å². The van der Waals surface area contributed by atoms with Crippen molar-refractivity contribution in [1.82, 2.24) is 0 Å². The summed E-state index contributed by atoms with van der Waals surface area (Å²) in [5, 5.41) is 2.82. The summed E-state index contributed by atoms with van der Waals surface area (Å²) >= 11 is 0. The summed E-state index contributed by atoms with van der Waals surface area (Å²) in [6.45, 7) is 0. The predicted octanol–water partition coefficient (Wildman–Crippen LogP) is 5.00. The van der Waals surface area contributed by atoms with Gasteiger partial charge in [-0.15, -0.1) is 0 Å². The molecule has 0 saturated carbocycles. The van der Waals surface area contributed by atoms with Crippen LogP contribution in [0.3, 0.4) is 0 Å². The van der Waals surface area contributed by atoms with E-state index in [2.05, 4.69) is 0 Å². The van der Waals surface area contributed by atoms with Crippen LogP contribution in [0.1, 0.15) is 5.56 Å². The summed E-state index contributed by atoms with van der Waals surface area (Å²) in [5.74, 6) is 0. The number of benzene rings is 2. The highest BCUT2D eigenvalue weighted by atomic mass is 32.2. The second-order valence-corrected chi connectivity index (χ2v) is 8.95. The molecule has 3 aromatic rings. The van der Waals surface area contributed by atoms with Crippen LogP contribution in [0.25, 0.3) is 15.0 Å². The Morgan fingerprint density at radius 1 is 1.00 bits per heavy atom. The second-order valence-electron chi connectivity index (χ2n) is 5.11. The summed E-state index contributed by atoms with van der Waals surface area (Å²) in [4.78, 5) is -0.236. The molecule has 1 aromatic heterocycles. The van der Waals surface area contributed by atoms with Crippen LogP contribution >= 0.6 is 10.5 Å². The lowest BCUT2D eigenvalue weighted by Crippen LogP contribution is -2.12. The van der Waals surface area contributed by atoms with Crippen molar-refractivity contribution in [2.45, 2.75) is 11.1 Å². The van der Waals surface area contributed by atoms with Crippen LogP contribution < -0.4 is 0 Å². The predicted molar refractivity (Wildman–Crippen MR) is 85.9 cm³/mol. The Bertz CT molecular complexity index is 986. The van der Waals surface area contributed by atoms with E-state index < -0.39 is 36.9 Å². The van der Waals surface area contributed by atoms with Gasteiger partial charge >= 0.3 is 6.18 Å². The van der Waals surface area contributed by atoms with Crippen molar-refractivity contribution in [3.8, 4) is 4.90 Å². The monoisotopic (exact) mass is 357 g/mol. The van der Waals surface area contributed by atoms with Crippen molar-refractivity contribution in [3.63, 3.8) is 0 Å². The Hall–Kier alpha value is -1.86. The van der Waals surface area contributed by atoms with Gasteiger partial charge in [-0.2, -0.15) is 13.2 Å². The normalized spacial score (nSPS) is 13.5. The summed E-state index contributed by atoms with van der Waals surface area (Å²) in [5.41, 5.74) is -1.11. The molecule has 1 heterocycles. The van der Waals surface area contributed by atoms with E-state index in [0.29, 0.717) is 4.90 Å². The van der Waals surface area contributed by atoms with Crippen LogP contribution in [0.4, 0.5) is 13.2 Å². The summed E-state index contributed by atoms with van der Waals surface area (Å²) in [6.07, 6.45) is -3.94. The molecular weight excluding hydrogens is 345 g/mol. The zero-order chi connectivity index (χ0) is 16.8. The summed E-state index contributed by atoms with van der Waals surface area (Å²) in [6, 6.07) is 12.8. The Labute approximate surface area is 134 Å². The van der Waals surface area contributed by atoms with Gasteiger partial charge in [0.25, 0.3) is 0 Å². The first kappa shape index (κ1) is 16.0. The van der Waals surface area contributed by atoms with Gasteiger partial charge in [0.2, 0.25) is 0 Å². The Morgan fingerprint density at radius 3 is 2.35 bits per heavy atom. The summed E-state index contributed by atoms with van der Waals surface area (Å²) in [7, 11) is -4.57. The van der Waals surface area contributed by atoms with E-state index in [-0.39, 0.29) is 0 Å².